The SMILES string of the molecule is O=C(Nc1cc2c(cc1C(O)c1ccccc1)OCCO2)C12CC3CC(CC(C3)C1)C2. The standard InChI is InChI=1S/C26H29NO4/c28-24(19-4-2-1-3-5-19)20-11-22-23(31-7-6-30-22)12-21(20)27-25(29)26-13-16-8-17(14-26)10-18(9-16)15-26/h1-5,11-12,16-18,24,28H,6-10,13-15H2,(H,27,29). The summed E-state index contributed by atoms with van der Waals surface area (Å²) in [6.45, 7) is 0.961. The molecule has 1 heterocycles. The predicted molar refractivity (Wildman–Crippen MR) is 117 cm³/mol. The number of hydrogen-bond acceptors (Lipinski definition) is 4. The van der Waals surface area contributed by atoms with Crippen LogP contribution >= 0.6 is 0 Å². The molecule has 1 atom stereocenters. The number of carbonyl (C=O) groups excluding carboxylic acids is 1. The first kappa shape index (κ1) is 19.2. The molecule has 2 aromatic rings. The van der Waals surface area contributed by atoms with Crippen LogP contribution in [0.4, 0.5) is 5.69 Å². The van der Waals surface area contributed by atoms with E-state index in [0.717, 1.165) is 24.8 Å². The number of hydrogen-bond donors (Lipinski definition) is 2. The number of rotatable bonds is 4. The zero-order valence-electron chi connectivity index (χ0n) is 17.7. The van der Waals surface area contributed by atoms with Gasteiger partial charge in [0.1, 0.15) is 19.3 Å². The number of amides is 1. The molecule has 4 aliphatic carbocycles. The van der Waals surface area contributed by atoms with Crippen molar-refractivity contribution >= 4 is 11.6 Å². The fourth-order valence-electron chi connectivity index (χ4n) is 6.90. The maximum Gasteiger partial charge on any atom is 0.230 e. The van der Waals surface area contributed by atoms with Crippen LogP contribution in [0.5, 0.6) is 11.5 Å². The van der Waals surface area contributed by atoms with Crippen LogP contribution in [0.1, 0.15) is 55.8 Å². The van der Waals surface area contributed by atoms with E-state index in [4.69, 9.17) is 9.47 Å². The predicted octanol–water partition coefficient (Wildman–Crippen LogP) is 4.69. The lowest BCUT2D eigenvalue weighted by Crippen LogP contribution is -2.51. The molecule has 0 spiro atoms. The number of ether oxygens (including phenoxy) is 2. The van der Waals surface area contributed by atoms with Crippen molar-refractivity contribution in [2.45, 2.75) is 44.6 Å². The van der Waals surface area contributed by atoms with E-state index in [-0.39, 0.29) is 11.3 Å². The van der Waals surface area contributed by atoms with Crippen molar-refractivity contribution < 1.29 is 19.4 Å². The van der Waals surface area contributed by atoms with Crippen LogP contribution in [-0.2, 0) is 4.79 Å². The largest absolute Gasteiger partial charge is 0.486 e. The van der Waals surface area contributed by atoms with Gasteiger partial charge in [0, 0.05) is 11.6 Å². The highest BCUT2D eigenvalue weighted by atomic mass is 16.6. The fraction of sp³-hybridized carbons (Fsp3) is 0.500. The molecule has 7 rings (SSSR count). The van der Waals surface area contributed by atoms with Crippen molar-refractivity contribution in [3.63, 3.8) is 0 Å². The topological polar surface area (TPSA) is 67.8 Å². The van der Waals surface area contributed by atoms with E-state index in [9.17, 15) is 9.90 Å². The van der Waals surface area contributed by atoms with Gasteiger partial charge < -0.3 is 19.9 Å². The van der Waals surface area contributed by atoms with Crippen molar-refractivity contribution in [1.82, 2.24) is 0 Å². The minimum absolute atomic E-state index is 0.116. The van der Waals surface area contributed by atoms with Crippen LogP contribution in [0.3, 0.4) is 0 Å². The lowest BCUT2D eigenvalue weighted by atomic mass is 9.49. The highest BCUT2D eigenvalue weighted by Gasteiger charge is 2.54. The summed E-state index contributed by atoms with van der Waals surface area (Å²) >= 11 is 0. The normalized spacial score (nSPS) is 31.3. The number of anilines is 1. The van der Waals surface area contributed by atoms with Gasteiger partial charge in [0.15, 0.2) is 11.5 Å². The van der Waals surface area contributed by atoms with Crippen LogP contribution in [0.15, 0.2) is 42.5 Å². The van der Waals surface area contributed by atoms with Crippen LogP contribution in [0.25, 0.3) is 0 Å². The molecule has 1 unspecified atom stereocenters. The third-order valence-electron chi connectivity index (χ3n) is 7.89. The highest BCUT2D eigenvalue weighted by Crippen LogP contribution is 2.60. The van der Waals surface area contributed by atoms with Gasteiger partial charge in [0.05, 0.1) is 11.1 Å². The molecular weight excluding hydrogens is 390 g/mol. The number of aliphatic hydroxyl groups excluding tert-OH is 1. The lowest BCUT2D eigenvalue weighted by molar-refractivity contribution is -0.140. The summed E-state index contributed by atoms with van der Waals surface area (Å²) in [6.07, 6.45) is 6.06. The minimum Gasteiger partial charge on any atom is -0.486 e. The quantitative estimate of drug-likeness (QED) is 0.754. The molecular formula is C26H29NO4. The number of benzene rings is 2. The molecule has 162 valence electrons. The molecule has 1 amide bonds. The van der Waals surface area contributed by atoms with E-state index in [2.05, 4.69) is 5.32 Å². The molecule has 0 aromatic heterocycles. The molecule has 2 aromatic carbocycles. The maximum atomic E-state index is 13.7. The van der Waals surface area contributed by atoms with Crippen molar-refractivity contribution in [3.8, 4) is 11.5 Å². The van der Waals surface area contributed by atoms with Crippen LogP contribution in [0.2, 0.25) is 0 Å². The van der Waals surface area contributed by atoms with Gasteiger partial charge >= 0.3 is 0 Å². The van der Waals surface area contributed by atoms with E-state index in [1.54, 1.807) is 0 Å². The number of fused-ring (bicyclic) bond motifs is 1. The Morgan fingerprint density at radius 1 is 0.935 bits per heavy atom. The summed E-state index contributed by atoms with van der Waals surface area (Å²) < 4.78 is 11.5. The molecule has 0 radical (unpaired) electrons. The molecule has 1 aliphatic heterocycles. The summed E-state index contributed by atoms with van der Waals surface area (Å²) in [5.41, 5.74) is 1.80. The third-order valence-corrected chi connectivity index (χ3v) is 7.89. The van der Waals surface area contributed by atoms with Gasteiger partial charge in [-0.2, -0.15) is 0 Å². The second-order valence-electron chi connectivity index (χ2n) is 10.0. The van der Waals surface area contributed by atoms with Crippen LogP contribution < -0.4 is 14.8 Å². The first-order valence-corrected chi connectivity index (χ1v) is 11.6. The number of aliphatic hydroxyl groups is 1. The first-order valence-electron chi connectivity index (χ1n) is 11.6. The lowest BCUT2D eigenvalue weighted by Gasteiger charge is -2.55. The van der Waals surface area contributed by atoms with Gasteiger partial charge in [0.25, 0.3) is 0 Å². The smallest absolute Gasteiger partial charge is 0.230 e. The van der Waals surface area contributed by atoms with Crippen molar-refractivity contribution in [1.29, 1.82) is 0 Å². The van der Waals surface area contributed by atoms with Gasteiger partial charge in [0.2, 0.25) is 5.91 Å². The Hall–Kier alpha value is -2.53. The Balaban J connectivity index is 1.35. The fourth-order valence-corrected chi connectivity index (χ4v) is 6.90. The van der Waals surface area contributed by atoms with Gasteiger partial charge in [-0.3, -0.25) is 4.79 Å². The Bertz CT molecular complexity index is 967. The van der Waals surface area contributed by atoms with Gasteiger partial charge in [-0.1, -0.05) is 30.3 Å². The summed E-state index contributed by atoms with van der Waals surface area (Å²) in [5, 5.41) is 14.4. The Morgan fingerprint density at radius 3 is 2.13 bits per heavy atom. The van der Waals surface area contributed by atoms with Gasteiger partial charge in [-0.05, 0) is 67.9 Å². The number of carbonyl (C=O) groups is 1. The monoisotopic (exact) mass is 419 g/mol. The maximum absolute atomic E-state index is 13.7. The minimum atomic E-state index is -0.858. The summed E-state index contributed by atoms with van der Waals surface area (Å²) in [7, 11) is 0. The number of nitrogens with one attached hydrogen (secondary N) is 1. The second-order valence-corrected chi connectivity index (χ2v) is 10.0. The van der Waals surface area contributed by atoms with Gasteiger partial charge in [-0.15, -0.1) is 0 Å². The van der Waals surface area contributed by atoms with Crippen LogP contribution in [-0.4, -0.2) is 24.2 Å². The van der Waals surface area contributed by atoms with E-state index >= 15 is 0 Å². The Kier molecular flexibility index (Phi) is 4.49. The molecule has 4 saturated carbocycles. The highest BCUT2D eigenvalue weighted by molar-refractivity contribution is 5.97. The summed E-state index contributed by atoms with van der Waals surface area (Å²) in [4.78, 5) is 13.7. The molecule has 0 saturated heterocycles. The van der Waals surface area contributed by atoms with E-state index in [0.29, 0.717) is 53.7 Å². The summed E-state index contributed by atoms with van der Waals surface area (Å²) in [6, 6.07) is 13.2. The molecule has 31 heavy (non-hydrogen) atoms. The molecule has 5 heteroatoms. The zero-order valence-corrected chi connectivity index (χ0v) is 17.7. The Morgan fingerprint density at radius 2 is 1.52 bits per heavy atom. The van der Waals surface area contributed by atoms with E-state index in [1.807, 2.05) is 42.5 Å². The van der Waals surface area contributed by atoms with Crippen LogP contribution in [0, 0.1) is 23.2 Å². The molecule has 4 fully saturated rings. The molecule has 2 N–H and O–H groups in total. The third kappa shape index (κ3) is 3.30. The molecule has 5 aliphatic rings. The van der Waals surface area contributed by atoms with E-state index < -0.39 is 6.10 Å². The average Bonchev–Trinajstić information content (AvgIpc) is 2.78. The zero-order chi connectivity index (χ0) is 21.0. The van der Waals surface area contributed by atoms with E-state index in [1.165, 1.54) is 19.3 Å². The van der Waals surface area contributed by atoms with Crippen molar-refractivity contribution in [3.05, 3.63) is 53.6 Å². The second kappa shape index (κ2) is 7.27. The summed E-state index contributed by atoms with van der Waals surface area (Å²) in [5.74, 6) is 3.45. The van der Waals surface area contributed by atoms with Crippen molar-refractivity contribution in [2.75, 3.05) is 18.5 Å². The van der Waals surface area contributed by atoms with Crippen molar-refractivity contribution in [2.24, 2.45) is 23.2 Å². The Labute approximate surface area is 182 Å². The molecule has 4 bridgehead atoms. The first-order chi connectivity index (χ1) is 15.1. The average molecular weight is 420 g/mol. The van der Waals surface area contributed by atoms with Gasteiger partial charge in [-0.25, -0.2) is 0 Å². The molecule has 5 nitrogen and oxygen atoms in total.